The van der Waals surface area contributed by atoms with Crippen LogP contribution in [-0.2, 0) is 5.41 Å². The van der Waals surface area contributed by atoms with Crippen LogP contribution in [0.4, 0.5) is 0 Å². The lowest BCUT2D eigenvalue weighted by atomic mass is 9.96. The molecule has 16 heavy (non-hydrogen) atoms. The van der Waals surface area contributed by atoms with Gasteiger partial charge in [0.2, 0.25) is 12.3 Å². The van der Waals surface area contributed by atoms with E-state index in [0.717, 1.165) is 24.5 Å². The lowest BCUT2D eigenvalue weighted by Crippen LogP contribution is -2.09. The van der Waals surface area contributed by atoms with E-state index in [4.69, 9.17) is 9.15 Å². The third-order valence-corrected chi connectivity index (χ3v) is 3.16. The molecular formula is C12H12N2O2. The molecule has 0 spiro atoms. The maximum Gasteiger partial charge on any atom is 0.226 e. The molecule has 2 aromatic rings. The van der Waals surface area contributed by atoms with E-state index >= 15 is 0 Å². The summed E-state index contributed by atoms with van der Waals surface area (Å²) in [6.45, 7) is 0. The predicted molar refractivity (Wildman–Crippen MR) is 57.3 cm³/mol. The van der Waals surface area contributed by atoms with Crippen LogP contribution in [0.1, 0.15) is 24.3 Å². The predicted octanol–water partition coefficient (Wildman–Crippen LogP) is 2.16. The van der Waals surface area contributed by atoms with Crippen LogP contribution < -0.4 is 4.74 Å². The third kappa shape index (κ3) is 1.30. The molecule has 82 valence electrons. The first-order valence-electron chi connectivity index (χ1n) is 5.26. The molecule has 0 radical (unpaired) electrons. The Balaban J connectivity index is 1.97. The highest BCUT2D eigenvalue weighted by molar-refractivity contribution is 5.40. The van der Waals surface area contributed by atoms with Crippen LogP contribution in [0.2, 0.25) is 0 Å². The zero-order valence-electron chi connectivity index (χ0n) is 9.01. The van der Waals surface area contributed by atoms with Crippen LogP contribution in [0.3, 0.4) is 0 Å². The number of hydrogen-bond acceptors (Lipinski definition) is 4. The molecule has 1 fully saturated rings. The number of aromatic nitrogens is 2. The Morgan fingerprint density at radius 3 is 2.50 bits per heavy atom. The smallest absolute Gasteiger partial charge is 0.226 e. The van der Waals surface area contributed by atoms with Crippen molar-refractivity contribution in [2.45, 2.75) is 18.3 Å². The zero-order valence-corrected chi connectivity index (χ0v) is 9.01. The van der Waals surface area contributed by atoms with Crippen molar-refractivity contribution in [3.05, 3.63) is 42.1 Å². The van der Waals surface area contributed by atoms with E-state index in [1.165, 1.54) is 12.0 Å². The molecule has 0 unspecified atom stereocenters. The molecule has 3 rings (SSSR count). The standard InChI is InChI=1S/C12H12N2O2/c1-15-10-4-2-9(3-5-10)12(6-7-12)11-14-13-8-16-11/h2-5,8H,6-7H2,1H3. The molecule has 1 saturated carbocycles. The molecule has 1 aliphatic carbocycles. The molecule has 0 bridgehead atoms. The van der Waals surface area contributed by atoms with Crippen molar-refractivity contribution in [2.24, 2.45) is 0 Å². The Labute approximate surface area is 93.3 Å². The van der Waals surface area contributed by atoms with Crippen LogP contribution in [0.15, 0.2) is 35.1 Å². The van der Waals surface area contributed by atoms with Gasteiger partial charge in [0.1, 0.15) is 5.75 Å². The minimum Gasteiger partial charge on any atom is -0.497 e. The normalized spacial score (nSPS) is 17.1. The zero-order chi connectivity index (χ0) is 11.0. The number of nitrogens with zero attached hydrogens (tertiary/aromatic N) is 2. The summed E-state index contributed by atoms with van der Waals surface area (Å²) >= 11 is 0. The summed E-state index contributed by atoms with van der Waals surface area (Å²) in [7, 11) is 1.67. The summed E-state index contributed by atoms with van der Waals surface area (Å²) in [5.74, 6) is 1.59. The molecule has 1 aromatic heterocycles. The number of methoxy groups -OCH3 is 1. The average molecular weight is 216 g/mol. The summed E-state index contributed by atoms with van der Waals surface area (Å²) in [4.78, 5) is 0. The number of hydrogen-bond donors (Lipinski definition) is 0. The number of rotatable bonds is 3. The van der Waals surface area contributed by atoms with Gasteiger partial charge in [0.05, 0.1) is 12.5 Å². The molecular weight excluding hydrogens is 204 g/mol. The fourth-order valence-corrected chi connectivity index (χ4v) is 2.04. The first-order chi connectivity index (χ1) is 7.85. The van der Waals surface area contributed by atoms with Crippen molar-refractivity contribution >= 4 is 0 Å². The summed E-state index contributed by atoms with van der Waals surface area (Å²) < 4.78 is 10.5. The van der Waals surface area contributed by atoms with Crippen LogP contribution in [0.25, 0.3) is 0 Å². The van der Waals surface area contributed by atoms with Crippen LogP contribution in [0, 0.1) is 0 Å². The van der Waals surface area contributed by atoms with Gasteiger partial charge in [0, 0.05) is 0 Å². The average Bonchev–Trinajstić information content (AvgIpc) is 2.97. The van der Waals surface area contributed by atoms with E-state index in [2.05, 4.69) is 22.3 Å². The van der Waals surface area contributed by atoms with E-state index in [-0.39, 0.29) is 5.41 Å². The maximum absolute atomic E-state index is 5.32. The molecule has 1 heterocycles. The minimum absolute atomic E-state index is 0.0389. The minimum atomic E-state index is -0.0389. The van der Waals surface area contributed by atoms with E-state index in [0.29, 0.717) is 0 Å². The molecule has 0 N–H and O–H groups in total. The van der Waals surface area contributed by atoms with Gasteiger partial charge in [0.25, 0.3) is 0 Å². The lowest BCUT2D eigenvalue weighted by Gasteiger charge is -2.11. The van der Waals surface area contributed by atoms with E-state index in [9.17, 15) is 0 Å². The first kappa shape index (κ1) is 9.39. The van der Waals surface area contributed by atoms with Crippen molar-refractivity contribution in [3.63, 3.8) is 0 Å². The van der Waals surface area contributed by atoms with Gasteiger partial charge < -0.3 is 9.15 Å². The SMILES string of the molecule is COc1ccc(C2(c3nnco3)CC2)cc1. The van der Waals surface area contributed by atoms with Gasteiger partial charge in [-0.1, -0.05) is 12.1 Å². The van der Waals surface area contributed by atoms with E-state index in [1.54, 1.807) is 7.11 Å². The Morgan fingerprint density at radius 1 is 1.25 bits per heavy atom. The summed E-state index contributed by atoms with van der Waals surface area (Å²) in [5.41, 5.74) is 1.18. The van der Waals surface area contributed by atoms with Gasteiger partial charge in [-0.3, -0.25) is 0 Å². The second kappa shape index (κ2) is 3.33. The van der Waals surface area contributed by atoms with Gasteiger partial charge in [-0.2, -0.15) is 0 Å². The largest absolute Gasteiger partial charge is 0.497 e. The monoisotopic (exact) mass is 216 g/mol. The maximum atomic E-state index is 5.32. The molecule has 4 heteroatoms. The van der Waals surface area contributed by atoms with Gasteiger partial charge in [0.15, 0.2) is 0 Å². The van der Waals surface area contributed by atoms with E-state index < -0.39 is 0 Å². The number of benzene rings is 1. The first-order valence-corrected chi connectivity index (χ1v) is 5.26. The van der Waals surface area contributed by atoms with E-state index in [1.807, 2.05) is 12.1 Å². The van der Waals surface area contributed by atoms with Gasteiger partial charge >= 0.3 is 0 Å². The molecule has 1 aromatic carbocycles. The fraction of sp³-hybridized carbons (Fsp3) is 0.333. The molecule has 0 amide bonds. The number of ether oxygens (including phenoxy) is 1. The molecule has 0 atom stereocenters. The van der Waals surface area contributed by atoms with Crippen molar-refractivity contribution < 1.29 is 9.15 Å². The molecule has 4 nitrogen and oxygen atoms in total. The Hall–Kier alpha value is -1.84. The summed E-state index contributed by atoms with van der Waals surface area (Å²) in [5, 5.41) is 7.77. The van der Waals surface area contributed by atoms with Crippen LogP contribution in [0.5, 0.6) is 5.75 Å². The lowest BCUT2D eigenvalue weighted by molar-refractivity contribution is 0.414. The van der Waals surface area contributed by atoms with Crippen molar-refractivity contribution in [2.75, 3.05) is 7.11 Å². The Kier molecular flexibility index (Phi) is 1.96. The second-order valence-corrected chi connectivity index (χ2v) is 4.05. The van der Waals surface area contributed by atoms with Crippen LogP contribution in [-0.4, -0.2) is 17.3 Å². The van der Waals surface area contributed by atoms with Crippen molar-refractivity contribution in [1.29, 1.82) is 0 Å². The van der Waals surface area contributed by atoms with Crippen molar-refractivity contribution in [3.8, 4) is 5.75 Å². The van der Waals surface area contributed by atoms with Crippen molar-refractivity contribution in [1.82, 2.24) is 10.2 Å². The van der Waals surface area contributed by atoms with Gasteiger partial charge in [-0.15, -0.1) is 10.2 Å². The molecule has 1 aliphatic rings. The summed E-state index contributed by atoms with van der Waals surface area (Å²) in [6, 6.07) is 8.06. The van der Waals surface area contributed by atoms with Crippen LogP contribution >= 0.6 is 0 Å². The topological polar surface area (TPSA) is 48.2 Å². The van der Waals surface area contributed by atoms with Gasteiger partial charge in [-0.25, -0.2) is 0 Å². The highest BCUT2D eigenvalue weighted by Crippen LogP contribution is 2.52. The molecule has 0 aliphatic heterocycles. The highest BCUT2D eigenvalue weighted by Gasteiger charge is 2.50. The second-order valence-electron chi connectivity index (χ2n) is 4.05. The Morgan fingerprint density at radius 2 is 2.00 bits per heavy atom. The fourth-order valence-electron chi connectivity index (χ4n) is 2.04. The Bertz CT molecular complexity index is 472. The quantitative estimate of drug-likeness (QED) is 0.788. The highest BCUT2D eigenvalue weighted by atomic mass is 16.5. The summed E-state index contributed by atoms with van der Waals surface area (Å²) in [6.07, 6.45) is 3.53. The third-order valence-electron chi connectivity index (χ3n) is 3.16. The molecule has 0 saturated heterocycles. The van der Waals surface area contributed by atoms with Gasteiger partial charge in [-0.05, 0) is 30.5 Å².